The minimum Gasteiger partial charge on any atom is -0.355 e. The van der Waals surface area contributed by atoms with Gasteiger partial charge in [0.15, 0.2) is 5.96 Å². The molecule has 0 spiro atoms. The number of benzene rings is 1. The van der Waals surface area contributed by atoms with Crippen LogP contribution in [0.5, 0.6) is 0 Å². The van der Waals surface area contributed by atoms with E-state index in [-0.39, 0.29) is 24.0 Å². The standard InChI is InChI=1S/C18H21ClN4S.HI/c1-20-17(22-12-14-7-8-16(19)21-11-14)23-13-18(9-10-18)24-15-5-3-2-4-6-15;/h2-8,11H,9-10,12-13H2,1H3,(H2,20,22,23);1H. The van der Waals surface area contributed by atoms with Gasteiger partial charge in [-0.3, -0.25) is 4.99 Å². The van der Waals surface area contributed by atoms with Crippen LogP contribution in [0.15, 0.2) is 58.5 Å². The number of pyridine rings is 1. The van der Waals surface area contributed by atoms with Gasteiger partial charge < -0.3 is 10.6 Å². The number of hydrogen-bond donors (Lipinski definition) is 2. The molecular weight excluding hydrogens is 467 g/mol. The molecule has 3 rings (SSSR count). The third-order valence-corrected chi connectivity index (χ3v) is 5.65. The number of halogens is 2. The van der Waals surface area contributed by atoms with Crippen LogP contribution in [0.3, 0.4) is 0 Å². The van der Waals surface area contributed by atoms with Crippen LogP contribution in [0.2, 0.25) is 5.15 Å². The van der Waals surface area contributed by atoms with E-state index in [9.17, 15) is 0 Å². The van der Waals surface area contributed by atoms with Crippen LogP contribution < -0.4 is 10.6 Å². The molecular formula is C18H22ClIN4S. The summed E-state index contributed by atoms with van der Waals surface area (Å²) < 4.78 is 0.292. The van der Waals surface area contributed by atoms with E-state index in [4.69, 9.17) is 11.6 Å². The Hall–Kier alpha value is -0.990. The van der Waals surface area contributed by atoms with E-state index in [1.807, 2.05) is 17.8 Å². The summed E-state index contributed by atoms with van der Waals surface area (Å²) in [6.07, 6.45) is 4.24. The molecule has 0 radical (unpaired) electrons. The molecule has 25 heavy (non-hydrogen) atoms. The van der Waals surface area contributed by atoms with Crippen molar-refractivity contribution in [1.82, 2.24) is 15.6 Å². The van der Waals surface area contributed by atoms with E-state index in [1.54, 1.807) is 19.3 Å². The molecule has 1 saturated carbocycles. The maximum Gasteiger partial charge on any atom is 0.191 e. The molecule has 0 unspecified atom stereocenters. The van der Waals surface area contributed by atoms with Gasteiger partial charge in [0.2, 0.25) is 0 Å². The maximum absolute atomic E-state index is 5.81. The predicted molar refractivity (Wildman–Crippen MR) is 117 cm³/mol. The van der Waals surface area contributed by atoms with Gasteiger partial charge in [-0.25, -0.2) is 4.98 Å². The molecule has 0 bridgehead atoms. The molecule has 4 nitrogen and oxygen atoms in total. The Bertz CT molecular complexity index is 690. The second-order valence-corrected chi connectivity index (χ2v) is 7.80. The lowest BCUT2D eigenvalue weighted by Gasteiger charge is -2.18. The quantitative estimate of drug-likeness (QED) is 0.275. The molecule has 134 valence electrons. The van der Waals surface area contributed by atoms with Gasteiger partial charge in [0.1, 0.15) is 5.15 Å². The molecule has 0 saturated heterocycles. The zero-order chi connectivity index (χ0) is 16.8. The van der Waals surface area contributed by atoms with Gasteiger partial charge in [-0.1, -0.05) is 35.9 Å². The summed E-state index contributed by atoms with van der Waals surface area (Å²) in [5.41, 5.74) is 1.07. The predicted octanol–water partition coefficient (Wildman–Crippen LogP) is 4.34. The van der Waals surface area contributed by atoms with Crippen molar-refractivity contribution in [2.75, 3.05) is 13.6 Å². The number of aliphatic imine (C=N–C) groups is 1. The molecule has 1 aromatic carbocycles. The molecule has 2 aromatic rings. The summed E-state index contributed by atoms with van der Waals surface area (Å²) >= 11 is 7.76. The number of hydrogen-bond acceptors (Lipinski definition) is 3. The highest BCUT2D eigenvalue weighted by atomic mass is 127. The van der Waals surface area contributed by atoms with Crippen LogP contribution >= 0.6 is 47.3 Å². The number of nitrogens with zero attached hydrogens (tertiary/aromatic N) is 2. The van der Waals surface area contributed by atoms with Crippen LogP contribution in [-0.4, -0.2) is 29.3 Å². The third kappa shape index (κ3) is 6.34. The molecule has 1 aromatic heterocycles. The van der Waals surface area contributed by atoms with Crippen LogP contribution in [0.25, 0.3) is 0 Å². The summed E-state index contributed by atoms with van der Waals surface area (Å²) in [4.78, 5) is 9.71. The summed E-state index contributed by atoms with van der Waals surface area (Å²) in [7, 11) is 1.79. The Morgan fingerprint density at radius 1 is 1.20 bits per heavy atom. The van der Waals surface area contributed by atoms with E-state index in [0.717, 1.165) is 18.1 Å². The number of thioether (sulfide) groups is 1. The summed E-state index contributed by atoms with van der Waals surface area (Å²) in [6.45, 7) is 1.58. The summed E-state index contributed by atoms with van der Waals surface area (Å²) in [6, 6.07) is 14.3. The number of rotatable bonds is 6. The molecule has 0 amide bonds. The molecule has 0 aliphatic heterocycles. The second kappa shape index (κ2) is 9.64. The van der Waals surface area contributed by atoms with Crippen LogP contribution in [0, 0.1) is 0 Å². The summed E-state index contributed by atoms with van der Waals surface area (Å²) in [5, 5.41) is 7.27. The van der Waals surface area contributed by atoms with Crippen molar-refractivity contribution >= 4 is 53.3 Å². The Balaban J connectivity index is 0.00000225. The van der Waals surface area contributed by atoms with Crippen molar-refractivity contribution in [2.24, 2.45) is 4.99 Å². The second-order valence-electron chi connectivity index (χ2n) is 5.87. The van der Waals surface area contributed by atoms with Crippen molar-refractivity contribution in [3.05, 3.63) is 59.4 Å². The van der Waals surface area contributed by atoms with Crippen molar-refractivity contribution < 1.29 is 0 Å². The fraction of sp³-hybridized carbons (Fsp3) is 0.333. The minimum atomic E-state index is 0. The largest absolute Gasteiger partial charge is 0.355 e. The molecule has 1 aliphatic carbocycles. The first-order valence-corrected chi connectivity index (χ1v) is 9.18. The van der Waals surface area contributed by atoms with E-state index < -0.39 is 0 Å². The average molecular weight is 489 g/mol. The van der Waals surface area contributed by atoms with Gasteiger partial charge >= 0.3 is 0 Å². The number of nitrogens with one attached hydrogen (secondary N) is 2. The Morgan fingerprint density at radius 3 is 2.56 bits per heavy atom. The van der Waals surface area contributed by atoms with Gasteiger partial charge in [-0.15, -0.1) is 35.7 Å². The highest BCUT2D eigenvalue weighted by Crippen LogP contribution is 2.51. The van der Waals surface area contributed by atoms with Gasteiger partial charge in [0.05, 0.1) is 0 Å². The summed E-state index contributed by atoms with van der Waals surface area (Å²) in [5.74, 6) is 0.810. The molecule has 7 heteroatoms. The van der Waals surface area contributed by atoms with Gasteiger partial charge in [-0.2, -0.15) is 0 Å². The van der Waals surface area contributed by atoms with E-state index in [2.05, 4.69) is 50.9 Å². The first-order valence-electron chi connectivity index (χ1n) is 7.98. The zero-order valence-corrected chi connectivity index (χ0v) is 17.9. The number of aromatic nitrogens is 1. The van der Waals surface area contributed by atoms with E-state index >= 15 is 0 Å². The molecule has 1 heterocycles. The van der Waals surface area contributed by atoms with E-state index in [1.165, 1.54) is 17.7 Å². The topological polar surface area (TPSA) is 49.3 Å². The highest BCUT2D eigenvalue weighted by molar-refractivity contribution is 14.0. The minimum absolute atomic E-state index is 0. The van der Waals surface area contributed by atoms with Crippen molar-refractivity contribution in [2.45, 2.75) is 29.0 Å². The van der Waals surface area contributed by atoms with Gasteiger partial charge in [-0.05, 0) is 36.6 Å². The average Bonchev–Trinajstić information content (AvgIpc) is 3.37. The van der Waals surface area contributed by atoms with Gasteiger partial charge in [0.25, 0.3) is 0 Å². The fourth-order valence-corrected chi connectivity index (χ4v) is 3.71. The SMILES string of the molecule is CN=C(NCc1ccc(Cl)nc1)NCC1(Sc2ccccc2)CC1.I. The van der Waals surface area contributed by atoms with Gasteiger partial charge in [0, 0.05) is 36.0 Å². The van der Waals surface area contributed by atoms with Crippen molar-refractivity contribution in [3.63, 3.8) is 0 Å². The van der Waals surface area contributed by atoms with E-state index in [0.29, 0.717) is 16.4 Å². The van der Waals surface area contributed by atoms with Crippen molar-refractivity contribution in [3.8, 4) is 0 Å². The molecule has 1 aliphatic rings. The smallest absolute Gasteiger partial charge is 0.191 e. The van der Waals surface area contributed by atoms with Crippen LogP contribution in [0.1, 0.15) is 18.4 Å². The van der Waals surface area contributed by atoms with Crippen LogP contribution in [-0.2, 0) is 6.54 Å². The normalized spacial score (nSPS) is 15.2. The molecule has 0 atom stereocenters. The lowest BCUT2D eigenvalue weighted by atomic mass is 10.3. The first kappa shape index (κ1) is 20.3. The number of guanidine groups is 1. The Labute approximate surface area is 175 Å². The third-order valence-electron chi connectivity index (χ3n) is 3.94. The fourth-order valence-electron chi connectivity index (χ4n) is 2.36. The van der Waals surface area contributed by atoms with Crippen LogP contribution in [0.4, 0.5) is 0 Å². The Kier molecular flexibility index (Phi) is 7.83. The monoisotopic (exact) mass is 488 g/mol. The molecule has 1 fully saturated rings. The maximum atomic E-state index is 5.81. The van der Waals surface area contributed by atoms with Crippen molar-refractivity contribution in [1.29, 1.82) is 0 Å². The lowest BCUT2D eigenvalue weighted by Crippen LogP contribution is -2.40. The first-order chi connectivity index (χ1) is 11.7. The Morgan fingerprint density at radius 2 is 1.96 bits per heavy atom. The highest BCUT2D eigenvalue weighted by Gasteiger charge is 2.43. The zero-order valence-electron chi connectivity index (χ0n) is 14.0. The lowest BCUT2D eigenvalue weighted by molar-refractivity contribution is 0.765. The molecule has 2 N–H and O–H groups in total.